The van der Waals surface area contributed by atoms with E-state index >= 15 is 0 Å². The van der Waals surface area contributed by atoms with Gasteiger partial charge >= 0.3 is 0 Å². The summed E-state index contributed by atoms with van der Waals surface area (Å²) in [5.74, 6) is 1.07. The molecule has 0 spiro atoms. The van der Waals surface area contributed by atoms with E-state index in [1.807, 2.05) is 23.1 Å². The predicted molar refractivity (Wildman–Crippen MR) is 95.0 cm³/mol. The topological polar surface area (TPSA) is 12.0 Å². The number of aryl methyl sites for hydroxylation is 1. The second kappa shape index (κ2) is 8.23. The highest BCUT2D eigenvalue weighted by Gasteiger charge is 2.14. The summed E-state index contributed by atoms with van der Waals surface area (Å²) in [6.07, 6.45) is 1.17. The first-order valence-electron chi connectivity index (χ1n) is 6.86. The number of halogens is 1. The minimum absolute atomic E-state index is 0.448. The number of nitrogens with one attached hydrogen (secondary N) is 1. The quantitative estimate of drug-likeness (QED) is 0.632. The Hall–Kier alpha value is -0.290. The van der Waals surface area contributed by atoms with Crippen LogP contribution < -0.4 is 5.32 Å². The van der Waals surface area contributed by atoms with E-state index in [9.17, 15) is 0 Å². The van der Waals surface area contributed by atoms with Gasteiger partial charge in [-0.3, -0.25) is 0 Å². The molecule has 4 heteroatoms. The molecule has 0 aliphatic heterocycles. The summed E-state index contributed by atoms with van der Waals surface area (Å²) in [6, 6.07) is 11.2. The van der Waals surface area contributed by atoms with Crippen molar-refractivity contribution < 1.29 is 0 Å². The third kappa shape index (κ3) is 4.62. The fraction of sp³-hybridized carbons (Fsp3) is 0.375. The Bertz CT molecular complexity index is 522. The third-order valence-electron chi connectivity index (χ3n) is 3.09. The van der Waals surface area contributed by atoms with Crippen LogP contribution in [0.15, 0.2) is 45.1 Å². The maximum absolute atomic E-state index is 3.67. The van der Waals surface area contributed by atoms with Crippen LogP contribution in [0.3, 0.4) is 0 Å². The molecule has 1 unspecified atom stereocenters. The largest absolute Gasteiger partial charge is 0.309 e. The molecule has 0 aliphatic rings. The predicted octanol–water partition coefficient (Wildman–Crippen LogP) is 5.65. The van der Waals surface area contributed by atoms with E-state index in [0.29, 0.717) is 6.04 Å². The van der Waals surface area contributed by atoms with Gasteiger partial charge in [0.15, 0.2) is 0 Å². The van der Waals surface area contributed by atoms with Crippen LogP contribution in [0.2, 0.25) is 0 Å². The Morgan fingerprint density at radius 2 is 2.00 bits per heavy atom. The molecule has 2 rings (SSSR count). The molecule has 0 saturated heterocycles. The second-order valence-electron chi connectivity index (χ2n) is 4.74. The van der Waals surface area contributed by atoms with E-state index in [0.717, 1.165) is 16.8 Å². The number of hydrogen-bond donors (Lipinski definition) is 1. The Morgan fingerprint density at radius 1 is 1.25 bits per heavy atom. The molecule has 1 heterocycles. The van der Waals surface area contributed by atoms with E-state index in [1.165, 1.54) is 21.8 Å². The second-order valence-corrected chi connectivity index (χ2v) is 7.70. The van der Waals surface area contributed by atoms with Crippen molar-refractivity contribution in [1.29, 1.82) is 0 Å². The number of thiophene rings is 1. The van der Waals surface area contributed by atoms with Gasteiger partial charge in [0.1, 0.15) is 0 Å². The van der Waals surface area contributed by atoms with Crippen molar-refractivity contribution >= 4 is 39.0 Å². The molecule has 20 heavy (non-hydrogen) atoms. The molecular weight excluding hydrogens is 350 g/mol. The van der Waals surface area contributed by atoms with Crippen molar-refractivity contribution in [2.45, 2.75) is 31.2 Å². The SMILES string of the molecule is CCCNC(CSc1ccc(Br)cc1)c1sccc1C. The third-order valence-corrected chi connectivity index (χ3v) is 5.86. The van der Waals surface area contributed by atoms with E-state index in [4.69, 9.17) is 0 Å². The summed E-state index contributed by atoms with van der Waals surface area (Å²) in [6.45, 7) is 5.49. The minimum atomic E-state index is 0.448. The summed E-state index contributed by atoms with van der Waals surface area (Å²) in [5.41, 5.74) is 1.40. The van der Waals surface area contributed by atoms with Crippen LogP contribution in [-0.4, -0.2) is 12.3 Å². The zero-order valence-electron chi connectivity index (χ0n) is 11.9. The molecule has 1 aromatic carbocycles. The van der Waals surface area contributed by atoms with Gasteiger partial charge in [0.25, 0.3) is 0 Å². The monoisotopic (exact) mass is 369 g/mol. The maximum Gasteiger partial charge on any atom is 0.0512 e. The molecule has 0 amide bonds. The molecule has 0 aliphatic carbocycles. The van der Waals surface area contributed by atoms with Crippen LogP contribution >= 0.6 is 39.0 Å². The van der Waals surface area contributed by atoms with Crippen molar-refractivity contribution in [3.63, 3.8) is 0 Å². The maximum atomic E-state index is 3.67. The molecule has 1 nitrogen and oxygen atoms in total. The first-order chi connectivity index (χ1) is 9.70. The Balaban J connectivity index is 2.01. The molecular formula is C16H20BrNS2. The highest BCUT2D eigenvalue weighted by atomic mass is 79.9. The van der Waals surface area contributed by atoms with Gasteiger partial charge in [-0.15, -0.1) is 23.1 Å². The van der Waals surface area contributed by atoms with Gasteiger partial charge in [0, 0.05) is 20.0 Å². The average Bonchev–Trinajstić information content (AvgIpc) is 2.87. The summed E-state index contributed by atoms with van der Waals surface area (Å²) in [7, 11) is 0. The van der Waals surface area contributed by atoms with Gasteiger partial charge in [-0.1, -0.05) is 22.9 Å². The van der Waals surface area contributed by atoms with Crippen molar-refractivity contribution in [3.05, 3.63) is 50.6 Å². The standard InChI is InChI=1S/C16H20BrNS2/c1-3-9-18-15(16-12(2)8-10-19-16)11-20-14-6-4-13(17)5-7-14/h4-8,10,15,18H,3,9,11H2,1-2H3. The number of thioether (sulfide) groups is 1. The van der Waals surface area contributed by atoms with Crippen LogP contribution in [-0.2, 0) is 0 Å². The summed E-state index contributed by atoms with van der Waals surface area (Å²) in [5, 5.41) is 5.86. The molecule has 0 radical (unpaired) electrons. The van der Waals surface area contributed by atoms with Crippen molar-refractivity contribution in [3.8, 4) is 0 Å². The zero-order chi connectivity index (χ0) is 14.4. The molecule has 1 atom stereocenters. The van der Waals surface area contributed by atoms with Gasteiger partial charge in [-0.05, 0) is 61.2 Å². The van der Waals surface area contributed by atoms with Crippen LogP contribution in [0.5, 0.6) is 0 Å². The molecule has 0 fully saturated rings. The first-order valence-corrected chi connectivity index (χ1v) is 9.52. The molecule has 2 aromatic rings. The molecule has 0 saturated carbocycles. The molecule has 1 N–H and O–H groups in total. The van der Waals surface area contributed by atoms with Gasteiger partial charge in [0.05, 0.1) is 6.04 Å². The van der Waals surface area contributed by atoms with Crippen molar-refractivity contribution in [2.24, 2.45) is 0 Å². The van der Waals surface area contributed by atoms with E-state index in [2.05, 4.69) is 70.8 Å². The number of benzene rings is 1. The number of hydrogen-bond acceptors (Lipinski definition) is 3. The number of rotatable bonds is 7. The van der Waals surface area contributed by atoms with E-state index in [-0.39, 0.29) is 0 Å². The fourth-order valence-electron chi connectivity index (χ4n) is 2.00. The van der Waals surface area contributed by atoms with Gasteiger partial charge in [-0.25, -0.2) is 0 Å². The minimum Gasteiger partial charge on any atom is -0.309 e. The Morgan fingerprint density at radius 3 is 2.60 bits per heavy atom. The van der Waals surface area contributed by atoms with Gasteiger partial charge < -0.3 is 5.32 Å². The van der Waals surface area contributed by atoms with Crippen LogP contribution in [0, 0.1) is 6.92 Å². The average molecular weight is 370 g/mol. The van der Waals surface area contributed by atoms with Gasteiger partial charge in [0.2, 0.25) is 0 Å². The highest BCUT2D eigenvalue weighted by Crippen LogP contribution is 2.30. The Kier molecular flexibility index (Phi) is 6.62. The van der Waals surface area contributed by atoms with E-state index < -0.39 is 0 Å². The van der Waals surface area contributed by atoms with Gasteiger partial charge in [-0.2, -0.15) is 0 Å². The summed E-state index contributed by atoms with van der Waals surface area (Å²) in [4.78, 5) is 2.80. The van der Waals surface area contributed by atoms with Crippen LogP contribution in [0.1, 0.15) is 29.8 Å². The molecule has 0 bridgehead atoms. The van der Waals surface area contributed by atoms with Crippen LogP contribution in [0.25, 0.3) is 0 Å². The Labute approximate surface area is 138 Å². The lowest BCUT2D eigenvalue weighted by atomic mass is 10.2. The highest BCUT2D eigenvalue weighted by molar-refractivity contribution is 9.10. The van der Waals surface area contributed by atoms with Crippen molar-refractivity contribution in [1.82, 2.24) is 5.32 Å². The summed E-state index contributed by atoms with van der Waals surface area (Å²) < 4.78 is 1.14. The first kappa shape index (κ1) is 16.1. The van der Waals surface area contributed by atoms with E-state index in [1.54, 1.807) is 0 Å². The van der Waals surface area contributed by atoms with Crippen LogP contribution in [0.4, 0.5) is 0 Å². The lowest BCUT2D eigenvalue weighted by molar-refractivity contribution is 0.583. The summed E-state index contributed by atoms with van der Waals surface area (Å²) >= 11 is 7.26. The fourth-order valence-corrected chi connectivity index (χ4v) is 4.34. The lowest BCUT2D eigenvalue weighted by Crippen LogP contribution is -2.23. The zero-order valence-corrected chi connectivity index (χ0v) is 15.1. The normalized spacial score (nSPS) is 12.6. The molecule has 1 aromatic heterocycles. The molecule has 108 valence electrons. The van der Waals surface area contributed by atoms with Crippen molar-refractivity contribution in [2.75, 3.05) is 12.3 Å². The lowest BCUT2D eigenvalue weighted by Gasteiger charge is -2.18. The smallest absolute Gasteiger partial charge is 0.0512 e.